The number of nitrogens with zero attached hydrogens (tertiary/aromatic N) is 1. The molecule has 0 aliphatic heterocycles. The molecule has 0 aromatic heterocycles. The number of rotatable bonds is 7. The average Bonchev–Trinajstić information content (AvgIpc) is 2.29. The molecule has 0 saturated carbocycles. The second kappa shape index (κ2) is 7.14. The van der Waals surface area contributed by atoms with Crippen LogP contribution in [0.4, 0.5) is 0 Å². The van der Waals surface area contributed by atoms with Gasteiger partial charge >= 0.3 is 5.97 Å². The summed E-state index contributed by atoms with van der Waals surface area (Å²) in [5.74, 6) is 0.0431. The van der Waals surface area contributed by atoms with Gasteiger partial charge in [-0.2, -0.15) is 0 Å². The van der Waals surface area contributed by atoms with Gasteiger partial charge in [0.05, 0.1) is 12.6 Å². The lowest BCUT2D eigenvalue weighted by Crippen LogP contribution is -2.35. The highest BCUT2D eigenvalue weighted by Gasteiger charge is 2.13. The zero-order chi connectivity index (χ0) is 14.4. The highest BCUT2D eigenvalue weighted by molar-refractivity contribution is 5.69. The fourth-order valence-corrected chi connectivity index (χ4v) is 1.77. The predicted molar refractivity (Wildman–Crippen MR) is 75.4 cm³/mol. The number of ether oxygens (including phenoxy) is 1. The van der Waals surface area contributed by atoms with Gasteiger partial charge in [0.2, 0.25) is 0 Å². The normalized spacial score (nSPS) is 11.3. The minimum atomic E-state index is -0.798. The lowest BCUT2D eigenvalue weighted by Gasteiger charge is -2.24. The molecule has 0 bridgehead atoms. The molecule has 0 atom stereocenters. The van der Waals surface area contributed by atoms with Gasteiger partial charge in [-0.3, -0.25) is 9.69 Å². The van der Waals surface area contributed by atoms with E-state index in [-0.39, 0.29) is 18.7 Å². The molecule has 0 amide bonds. The molecular formula is C15H23NO3. The Bertz CT molecular complexity index is 398. The van der Waals surface area contributed by atoms with Crippen LogP contribution >= 0.6 is 0 Å². The Morgan fingerprint density at radius 3 is 2.21 bits per heavy atom. The average molecular weight is 265 g/mol. The van der Waals surface area contributed by atoms with Crippen molar-refractivity contribution in [1.29, 1.82) is 0 Å². The first-order valence-corrected chi connectivity index (χ1v) is 6.60. The van der Waals surface area contributed by atoms with Gasteiger partial charge in [-0.15, -0.1) is 0 Å². The van der Waals surface area contributed by atoms with Crippen molar-refractivity contribution in [2.75, 3.05) is 6.54 Å². The SMILES string of the molecule is CC(C)Oc1ccc(CN(CC(=O)O)C(C)C)cc1. The lowest BCUT2D eigenvalue weighted by molar-refractivity contribution is -0.138. The Balaban J connectivity index is 2.66. The molecule has 0 radical (unpaired) electrons. The van der Waals surface area contributed by atoms with Crippen LogP contribution in [0.15, 0.2) is 24.3 Å². The fraction of sp³-hybridized carbons (Fsp3) is 0.533. The maximum Gasteiger partial charge on any atom is 0.317 e. The molecular weight excluding hydrogens is 242 g/mol. The molecule has 4 nitrogen and oxygen atoms in total. The maximum atomic E-state index is 10.8. The standard InChI is InChI=1S/C15H23NO3/c1-11(2)16(10-15(17)18)9-13-5-7-14(8-6-13)19-12(3)4/h5-8,11-12H,9-10H2,1-4H3,(H,17,18). The van der Waals surface area contributed by atoms with Crippen molar-refractivity contribution in [2.24, 2.45) is 0 Å². The summed E-state index contributed by atoms with van der Waals surface area (Å²) in [6.07, 6.45) is 0.157. The van der Waals surface area contributed by atoms with Crippen molar-refractivity contribution in [3.8, 4) is 5.75 Å². The molecule has 0 spiro atoms. The quantitative estimate of drug-likeness (QED) is 0.823. The smallest absolute Gasteiger partial charge is 0.317 e. The number of hydrogen-bond acceptors (Lipinski definition) is 3. The molecule has 0 unspecified atom stereocenters. The summed E-state index contributed by atoms with van der Waals surface area (Å²) < 4.78 is 5.58. The summed E-state index contributed by atoms with van der Waals surface area (Å²) in [6.45, 7) is 8.66. The van der Waals surface area contributed by atoms with Crippen LogP contribution in [0.1, 0.15) is 33.3 Å². The van der Waals surface area contributed by atoms with E-state index in [1.54, 1.807) is 0 Å². The van der Waals surface area contributed by atoms with Gasteiger partial charge in [0.25, 0.3) is 0 Å². The van der Waals surface area contributed by atoms with Gasteiger partial charge in [-0.25, -0.2) is 0 Å². The number of carbonyl (C=O) groups is 1. The minimum Gasteiger partial charge on any atom is -0.491 e. The number of carboxylic acid groups (broad SMARTS) is 1. The van der Waals surface area contributed by atoms with Crippen molar-refractivity contribution in [3.63, 3.8) is 0 Å². The van der Waals surface area contributed by atoms with Gasteiger partial charge in [-0.1, -0.05) is 12.1 Å². The van der Waals surface area contributed by atoms with E-state index in [9.17, 15) is 4.79 Å². The second-order valence-corrected chi connectivity index (χ2v) is 5.20. The zero-order valence-corrected chi connectivity index (χ0v) is 12.1. The summed E-state index contributed by atoms with van der Waals surface area (Å²) in [5.41, 5.74) is 1.09. The largest absolute Gasteiger partial charge is 0.491 e. The van der Waals surface area contributed by atoms with E-state index < -0.39 is 5.97 Å². The Labute approximate surface area is 115 Å². The Morgan fingerprint density at radius 1 is 1.21 bits per heavy atom. The van der Waals surface area contributed by atoms with Crippen molar-refractivity contribution >= 4 is 5.97 Å². The van der Waals surface area contributed by atoms with Crippen LogP contribution < -0.4 is 4.74 Å². The van der Waals surface area contributed by atoms with E-state index in [2.05, 4.69) is 0 Å². The fourth-order valence-electron chi connectivity index (χ4n) is 1.77. The van der Waals surface area contributed by atoms with Crippen LogP contribution in [0.5, 0.6) is 5.75 Å². The number of aliphatic carboxylic acids is 1. The van der Waals surface area contributed by atoms with Crippen molar-refractivity contribution in [2.45, 2.75) is 46.4 Å². The number of benzene rings is 1. The first kappa shape index (κ1) is 15.5. The van der Waals surface area contributed by atoms with Gasteiger partial charge in [-0.05, 0) is 45.4 Å². The molecule has 106 valence electrons. The highest BCUT2D eigenvalue weighted by atomic mass is 16.5. The predicted octanol–water partition coefficient (Wildman–Crippen LogP) is 2.77. The summed E-state index contributed by atoms with van der Waals surface area (Å²) in [4.78, 5) is 12.7. The van der Waals surface area contributed by atoms with Gasteiger partial charge in [0, 0.05) is 12.6 Å². The molecule has 0 aliphatic rings. The number of carboxylic acids is 1. The van der Waals surface area contributed by atoms with E-state index in [0.29, 0.717) is 6.54 Å². The Morgan fingerprint density at radius 2 is 1.79 bits per heavy atom. The van der Waals surface area contributed by atoms with Crippen molar-refractivity contribution in [3.05, 3.63) is 29.8 Å². The summed E-state index contributed by atoms with van der Waals surface area (Å²) in [6, 6.07) is 8.01. The first-order chi connectivity index (χ1) is 8.88. The van der Waals surface area contributed by atoms with Crippen LogP contribution in [0.3, 0.4) is 0 Å². The third-order valence-corrected chi connectivity index (χ3v) is 2.75. The third kappa shape index (κ3) is 5.75. The molecule has 0 fully saturated rings. The Kier molecular flexibility index (Phi) is 5.83. The van der Waals surface area contributed by atoms with E-state index >= 15 is 0 Å². The summed E-state index contributed by atoms with van der Waals surface area (Å²) in [5, 5.41) is 8.89. The van der Waals surface area contributed by atoms with Gasteiger partial charge in [0.1, 0.15) is 5.75 Å². The first-order valence-electron chi connectivity index (χ1n) is 6.60. The summed E-state index contributed by atoms with van der Waals surface area (Å²) in [7, 11) is 0. The van der Waals surface area contributed by atoms with Crippen LogP contribution in [0.25, 0.3) is 0 Å². The molecule has 4 heteroatoms. The molecule has 0 heterocycles. The molecule has 0 aliphatic carbocycles. The van der Waals surface area contributed by atoms with E-state index in [1.165, 1.54) is 0 Å². The lowest BCUT2D eigenvalue weighted by atomic mass is 10.2. The molecule has 0 saturated heterocycles. The van der Waals surface area contributed by atoms with Crippen LogP contribution in [-0.4, -0.2) is 34.7 Å². The minimum absolute atomic E-state index is 0.0575. The second-order valence-electron chi connectivity index (χ2n) is 5.20. The van der Waals surface area contributed by atoms with Crippen LogP contribution in [0, 0.1) is 0 Å². The summed E-state index contributed by atoms with van der Waals surface area (Å²) >= 11 is 0. The molecule has 1 aromatic rings. The van der Waals surface area contributed by atoms with E-state index in [1.807, 2.05) is 56.9 Å². The molecule has 1 N–H and O–H groups in total. The van der Waals surface area contributed by atoms with Crippen molar-refractivity contribution in [1.82, 2.24) is 4.90 Å². The van der Waals surface area contributed by atoms with Gasteiger partial charge in [0.15, 0.2) is 0 Å². The van der Waals surface area contributed by atoms with Gasteiger partial charge < -0.3 is 9.84 Å². The third-order valence-electron chi connectivity index (χ3n) is 2.75. The molecule has 19 heavy (non-hydrogen) atoms. The molecule has 1 aromatic carbocycles. The zero-order valence-electron chi connectivity index (χ0n) is 12.1. The van der Waals surface area contributed by atoms with E-state index in [4.69, 9.17) is 9.84 Å². The topological polar surface area (TPSA) is 49.8 Å². The van der Waals surface area contributed by atoms with Crippen molar-refractivity contribution < 1.29 is 14.6 Å². The van der Waals surface area contributed by atoms with Crippen LogP contribution in [0.2, 0.25) is 0 Å². The van der Waals surface area contributed by atoms with Crippen LogP contribution in [-0.2, 0) is 11.3 Å². The monoisotopic (exact) mass is 265 g/mol. The maximum absolute atomic E-state index is 10.8. The highest BCUT2D eigenvalue weighted by Crippen LogP contribution is 2.15. The Hall–Kier alpha value is -1.55. The molecule has 1 rings (SSSR count). The number of hydrogen-bond donors (Lipinski definition) is 1. The van der Waals surface area contributed by atoms with E-state index in [0.717, 1.165) is 11.3 Å².